The number of ether oxygens (including phenoxy) is 1. The summed E-state index contributed by atoms with van der Waals surface area (Å²) in [5.41, 5.74) is -0.0156. The van der Waals surface area contributed by atoms with E-state index in [0.29, 0.717) is 12.4 Å². The van der Waals surface area contributed by atoms with Gasteiger partial charge in [-0.05, 0) is 25.5 Å². The molecule has 0 spiro atoms. The van der Waals surface area contributed by atoms with Gasteiger partial charge in [-0.15, -0.1) is 0 Å². The molecule has 94 valence electrons. The lowest BCUT2D eigenvalue weighted by Gasteiger charge is -2.51. The van der Waals surface area contributed by atoms with Gasteiger partial charge in [-0.3, -0.25) is 4.79 Å². The van der Waals surface area contributed by atoms with E-state index in [1.54, 1.807) is 12.1 Å². The molecule has 0 bridgehead atoms. The largest absolute Gasteiger partial charge is 0.459 e. The lowest BCUT2D eigenvalue weighted by atomic mass is 9.64. The van der Waals surface area contributed by atoms with Crippen LogP contribution in [-0.2, 0) is 4.74 Å². The van der Waals surface area contributed by atoms with E-state index >= 15 is 0 Å². The van der Waals surface area contributed by atoms with Crippen molar-refractivity contribution < 1.29 is 13.9 Å². The summed E-state index contributed by atoms with van der Waals surface area (Å²) < 4.78 is 10.7. The second-order valence-corrected chi connectivity index (χ2v) is 5.00. The summed E-state index contributed by atoms with van der Waals surface area (Å²) in [7, 11) is 0. The van der Waals surface area contributed by atoms with E-state index in [9.17, 15) is 4.79 Å². The van der Waals surface area contributed by atoms with Crippen molar-refractivity contribution in [2.24, 2.45) is 5.41 Å². The molecule has 0 unspecified atom stereocenters. The second kappa shape index (κ2) is 4.53. The molecule has 4 heteroatoms. The standard InChI is InChI=1S/C13H19NO3/c1-4-16-11-8-10(13(11,2)3)14-12(15)9-6-5-7-17-9/h5-7,10-11H,4,8H2,1-3H3,(H,14,15)/t10-,11-/m1/s1. The molecule has 1 saturated carbocycles. The first-order valence-electron chi connectivity index (χ1n) is 6.01. The summed E-state index contributed by atoms with van der Waals surface area (Å²) in [6, 6.07) is 3.53. The molecule has 0 radical (unpaired) electrons. The average Bonchev–Trinajstić information content (AvgIpc) is 2.81. The molecule has 0 saturated heterocycles. The zero-order chi connectivity index (χ0) is 12.5. The zero-order valence-corrected chi connectivity index (χ0v) is 10.5. The number of carbonyl (C=O) groups excluding carboxylic acids is 1. The highest BCUT2D eigenvalue weighted by Gasteiger charge is 2.49. The first kappa shape index (κ1) is 12.2. The molecule has 1 heterocycles. The van der Waals surface area contributed by atoms with Crippen molar-refractivity contribution in [3.05, 3.63) is 24.2 Å². The molecule has 1 amide bonds. The van der Waals surface area contributed by atoms with E-state index in [4.69, 9.17) is 9.15 Å². The molecule has 0 aliphatic heterocycles. The van der Waals surface area contributed by atoms with E-state index in [1.807, 2.05) is 6.92 Å². The Hall–Kier alpha value is -1.29. The van der Waals surface area contributed by atoms with E-state index in [2.05, 4.69) is 19.2 Å². The molecular weight excluding hydrogens is 218 g/mol. The van der Waals surface area contributed by atoms with Crippen LogP contribution >= 0.6 is 0 Å². The molecular formula is C13H19NO3. The van der Waals surface area contributed by atoms with Crippen LogP contribution in [0.4, 0.5) is 0 Å². The molecule has 1 aromatic heterocycles. The maximum Gasteiger partial charge on any atom is 0.287 e. The third-order valence-corrected chi connectivity index (χ3v) is 3.60. The van der Waals surface area contributed by atoms with Crippen molar-refractivity contribution >= 4 is 5.91 Å². The Morgan fingerprint density at radius 1 is 1.65 bits per heavy atom. The van der Waals surface area contributed by atoms with Crippen molar-refractivity contribution in [1.29, 1.82) is 0 Å². The van der Waals surface area contributed by atoms with Crippen molar-refractivity contribution in [1.82, 2.24) is 5.32 Å². The summed E-state index contributed by atoms with van der Waals surface area (Å²) in [6.45, 7) is 6.94. The predicted molar refractivity (Wildman–Crippen MR) is 63.8 cm³/mol. The van der Waals surface area contributed by atoms with Gasteiger partial charge in [-0.25, -0.2) is 0 Å². The minimum atomic E-state index is -0.150. The molecule has 0 aromatic carbocycles. The highest BCUT2D eigenvalue weighted by molar-refractivity contribution is 5.91. The topological polar surface area (TPSA) is 51.5 Å². The number of hydrogen-bond acceptors (Lipinski definition) is 3. The van der Waals surface area contributed by atoms with E-state index in [0.717, 1.165) is 6.42 Å². The lowest BCUT2D eigenvalue weighted by Crippen LogP contribution is -2.62. The second-order valence-electron chi connectivity index (χ2n) is 5.00. The maximum atomic E-state index is 11.8. The smallest absolute Gasteiger partial charge is 0.287 e. The molecule has 17 heavy (non-hydrogen) atoms. The van der Waals surface area contributed by atoms with Crippen molar-refractivity contribution in [3.8, 4) is 0 Å². The molecule has 1 aliphatic carbocycles. The van der Waals surface area contributed by atoms with Crippen LogP contribution in [0.15, 0.2) is 22.8 Å². The SMILES string of the molecule is CCO[C@@H]1C[C@@H](NC(=O)c2ccco2)C1(C)C. The summed E-state index contributed by atoms with van der Waals surface area (Å²) in [6.07, 6.45) is 2.60. The lowest BCUT2D eigenvalue weighted by molar-refractivity contribution is -0.111. The third kappa shape index (κ3) is 2.22. The fraction of sp³-hybridized carbons (Fsp3) is 0.615. The summed E-state index contributed by atoms with van der Waals surface area (Å²) in [5, 5.41) is 2.98. The molecule has 2 rings (SSSR count). The Morgan fingerprint density at radius 3 is 2.94 bits per heavy atom. The van der Waals surface area contributed by atoms with Gasteiger partial charge in [0.25, 0.3) is 5.91 Å². The Kier molecular flexibility index (Phi) is 3.24. The Balaban J connectivity index is 1.92. The average molecular weight is 237 g/mol. The first-order chi connectivity index (χ1) is 8.05. The summed E-state index contributed by atoms with van der Waals surface area (Å²) in [5.74, 6) is 0.212. The van der Waals surface area contributed by atoms with Crippen LogP contribution in [0, 0.1) is 5.41 Å². The van der Waals surface area contributed by atoms with E-state index in [-0.39, 0.29) is 23.5 Å². The van der Waals surface area contributed by atoms with Gasteiger partial charge in [0.1, 0.15) is 0 Å². The van der Waals surface area contributed by atoms with Crippen LogP contribution in [0.2, 0.25) is 0 Å². The number of furan rings is 1. The van der Waals surface area contributed by atoms with Gasteiger partial charge >= 0.3 is 0 Å². The Morgan fingerprint density at radius 2 is 2.41 bits per heavy atom. The maximum absolute atomic E-state index is 11.8. The van der Waals surface area contributed by atoms with Gasteiger partial charge < -0.3 is 14.5 Å². The van der Waals surface area contributed by atoms with Crippen molar-refractivity contribution in [2.45, 2.75) is 39.3 Å². The number of carbonyl (C=O) groups is 1. The Bertz CT molecular complexity index is 383. The molecule has 1 aromatic rings. The normalized spacial score (nSPS) is 26.3. The monoisotopic (exact) mass is 237 g/mol. The van der Waals surface area contributed by atoms with Gasteiger partial charge in [-0.2, -0.15) is 0 Å². The van der Waals surface area contributed by atoms with Gasteiger partial charge in [0.2, 0.25) is 0 Å². The minimum Gasteiger partial charge on any atom is -0.459 e. The van der Waals surface area contributed by atoms with Crippen LogP contribution in [-0.4, -0.2) is 24.7 Å². The molecule has 1 N–H and O–H groups in total. The van der Waals surface area contributed by atoms with E-state index < -0.39 is 0 Å². The van der Waals surface area contributed by atoms with Crippen molar-refractivity contribution in [2.75, 3.05) is 6.61 Å². The molecule has 1 fully saturated rings. The zero-order valence-electron chi connectivity index (χ0n) is 10.5. The summed E-state index contributed by atoms with van der Waals surface area (Å²) in [4.78, 5) is 11.8. The minimum absolute atomic E-state index is 0.0156. The third-order valence-electron chi connectivity index (χ3n) is 3.60. The number of amides is 1. The number of nitrogens with one attached hydrogen (secondary N) is 1. The van der Waals surface area contributed by atoms with Crippen LogP contribution < -0.4 is 5.32 Å². The molecule has 2 atom stereocenters. The summed E-state index contributed by atoms with van der Waals surface area (Å²) >= 11 is 0. The fourth-order valence-electron chi connectivity index (χ4n) is 2.25. The molecule has 4 nitrogen and oxygen atoms in total. The highest BCUT2D eigenvalue weighted by atomic mass is 16.5. The van der Waals surface area contributed by atoms with Crippen LogP contribution in [0.3, 0.4) is 0 Å². The van der Waals surface area contributed by atoms with Crippen molar-refractivity contribution in [3.63, 3.8) is 0 Å². The predicted octanol–water partition coefficient (Wildman–Crippen LogP) is 2.21. The van der Waals surface area contributed by atoms with E-state index in [1.165, 1.54) is 6.26 Å². The fourth-order valence-corrected chi connectivity index (χ4v) is 2.25. The quantitative estimate of drug-likeness (QED) is 0.873. The first-order valence-corrected chi connectivity index (χ1v) is 6.01. The van der Waals surface area contributed by atoms with Gasteiger partial charge in [0.15, 0.2) is 5.76 Å². The number of hydrogen-bond donors (Lipinski definition) is 1. The van der Waals surface area contributed by atoms with Crippen LogP contribution in [0.1, 0.15) is 37.7 Å². The molecule has 1 aliphatic rings. The van der Waals surface area contributed by atoms with Crippen LogP contribution in [0.5, 0.6) is 0 Å². The highest BCUT2D eigenvalue weighted by Crippen LogP contribution is 2.42. The van der Waals surface area contributed by atoms with Gasteiger partial charge in [0.05, 0.1) is 12.4 Å². The van der Waals surface area contributed by atoms with Gasteiger partial charge in [-0.1, -0.05) is 13.8 Å². The Labute approximate surface area is 101 Å². The van der Waals surface area contributed by atoms with Gasteiger partial charge in [0, 0.05) is 18.1 Å². The van der Waals surface area contributed by atoms with Crippen LogP contribution in [0.25, 0.3) is 0 Å². The number of rotatable bonds is 4.